The van der Waals surface area contributed by atoms with Crippen molar-refractivity contribution in [2.45, 2.75) is 32.1 Å². The van der Waals surface area contributed by atoms with Gasteiger partial charge in [-0.1, -0.05) is 25.7 Å². The van der Waals surface area contributed by atoms with E-state index in [9.17, 15) is 0 Å². The average Bonchev–Trinajstić information content (AvgIpc) is 2.62. The van der Waals surface area contributed by atoms with Crippen LogP contribution in [0.1, 0.15) is 32.1 Å². The summed E-state index contributed by atoms with van der Waals surface area (Å²) in [6.07, 6.45) is 7.15. The molecule has 14 heavy (non-hydrogen) atoms. The summed E-state index contributed by atoms with van der Waals surface area (Å²) in [5.41, 5.74) is 5.73. The fourth-order valence-corrected chi connectivity index (χ4v) is 3.45. The highest BCUT2D eigenvalue weighted by atomic mass is 15.2. The van der Waals surface area contributed by atoms with Crippen LogP contribution in [0.3, 0.4) is 0 Å². The van der Waals surface area contributed by atoms with Gasteiger partial charge in [0.05, 0.1) is 0 Å². The summed E-state index contributed by atoms with van der Waals surface area (Å²) in [7, 11) is 2.23. The summed E-state index contributed by atoms with van der Waals surface area (Å²) >= 11 is 0. The van der Waals surface area contributed by atoms with Gasteiger partial charge in [-0.05, 0) is 37.8 Å². The van der Waals surface area contributed by atoms with Crippen LogP contribution in [0.5, 0.6) is 0 Å². The standard InChI is InChI=1S/C12H24N2/c1-14-8-11(9-14)12(6-7-13)10-4-2-3-5-10/h10-12H,2-9,13H2,1H3. The van der Waals surface area contributed by atoms with Gasteiger partial charge in [0.2, 0.25) is 0 Å². The Balaban J connectivity index is 1.86. The molecule has 0 spiro atoms. The molecule has 2 heteroatoms. The van der Waals surface area contributed by atoms with Crippen LogP contribution in [0.25, 0.3) is 0 Å². The Morgan fingerprint density at radius 2 is 1.86 bits per heavy atom. The molecule has 1 aliphatic heterocycles. The highest BCUT2D eigenvalue weighted by molar-refractivity contribution is 4.88. The van der Waals surface area contributed by atoms with Crippen LogP contribution in [0.4, 0.5) is 0 Å². The third-order valence-corrected chi connectivity index (χ3v) is 4.20. The van der Waals surface area contributed by atoms with Crippen LogP contribution in [0.15, 0.2) is 0 Å². The third-order valence-electron chi connectivity index (χ3n) is 4.20. The van der Waals surface area contributed by atoms with Gasteiger partial charge >= 0.3 is 0 Å². The molecular weight excluding hydrogens is 172 g/mol. The van der Waals surface area contributed by atoms with Crippen molar-refractivity contribution in [2.24, 2.45) is 23.5 Å². The highest BCUT2D eigenvalue weighted by Gasteiger charge is 2.36. The minimum Gasteiger partial charge on any atom is -0.330 e. The molecule has 2 fully saturated rings. The second-order valence-corrected chi connectivity index (χ2v) is 5.27. The fourth-order valence-electron chi connectivity index (χ4n) is 3.45. The molecule has 0 bridgehead atoms. The van der Waals surface area contributed by atoms with Gasteiger partial charge in [0.1, 0.15) is 0 Å². The van der Waals surface area contributed by atoms with Crippen LogP contribution >= 0.6 is 0 Å². The molecule has 1 aliphatic carbocycles. The highest BCUT2D eigenvalue weighted by Crippen LogP contribution is 2.39. The lowest BCUT2D eigenvalue weighted by molar-refractivity contribution is 0.0520. The molecule has 0 amide bonds. The van der Waals surface area contributed by atoms with Gasteiger partial charge in [0.15, 0.2) is 0 Å². The van der Waals surface area contributed by atoms with Crippen molar-refractivity contribution in [1.29, 1.82) is 0 Å². The minimum absolute atomic E-state index is 0.890. The maximum atomic E-state index is 5.73. The zero-order valence-corrected chi connectivity index (χ0v) is 9.41. The molecule has 2 aliphatic rings. The van der Waals surface area contributed by atoms with Gasteiger partial charge < -0.3 is 10.6 Å². The van der Waals surface area contributed by atoms with E-state index in [0.717, 1.165) is 24.3 Å². The molecule has 2 N–H and O–H groups in total. The normalized spacial score (nSPS) is 27.9. The third kappa shape index (κ3) is 2.12. The Morgan fingerprint density at radius 1 is 1.21 bits per heavy atom. The summed E-state index contributed by atoms with van der Waals surface area (Å²) < 4.78 is 0. The summed E-state index contributed by atoms with van der Waals surface area (Å²) in [6, 6.07) is 0. The van der Waals surface area contributed by atoms with Crippen molar-refractivity contribution in [1.82, 2.24) is 4.90 Å². The summed E-state index contributed by atoms with van der Waals surface area (Å²) in [5.74, 6) is 2.92. The van der Waals surface area contributed by atoms with Crippen molar-refractivity contribution in [3.63, 3.8) is 0 Å². The van der Waals surface area contributed by atoms with Crippen LogP contribution in [0, 0.1) is 17.8 Å². The molecular formula is C12H24N2. The molecule has 1 heterocycles. The minimum atomic E-state index is 0.890. The quantitative estimate of drug-likeness (QED) is 0.741. The van der Waals surface area contributed by atoms with Gasteiger partial charge in [-0.3, -0.25) is 0 Å². The lowest BCUT2D eigenvalue weighted by Crippen LogP contribution is -2.49. The molecule has 0 aromatic carbocycles. The molecule has 0 radical (unpaired) electrons. The summed E-state index contributed by atoms with van der Waals surface area (Å²) in [5, 5.41) is 0. The maximum absolute atomic E-state index is 5.73. The predicted molar refractivity (Wildman–Crippen MR) is 60.1 cm³/mol. The SMILES string of the molecule is CN1CC(C(CCN)C2CCCC2)C1. The zero-order chi connectivity index (χ0) is 9.97. The Bertz CT molecular complexity index is 169. The van der Waals surface area contributed by atoms with Gasteiger partial charge in [0, 0.05) is 13.1 Å². The van der Waals surface area contributed by atoms with Gasteiger partial charge in [-0.2, -0.15) is 0 Å². The average molecular weight is 196 g/mol. The van der Waals surface area contributed by atoms with Crippen molar-refractivity contribution < 1.29 is 0 Å². The van der Waals surface area contributed by atoms with Crippen molar-refractivity contribution >= 4 is 0 Å². The molecule has 1 saturated carbocycles. The molecule has 0 aromatic rings. The first kappa shape index (κ1) is 10.4. The van der Waals surface area contributed by atoms with E-state index < -0.39 is 0 Å². The monoisotopic (exact) mass is 196 g/mol. The number of nitrogens with two attached hydrogens (primary N) is 1. The first-order valence-corrected chi connectivity index (χ1v) is 6.20. The van der Waals surface area contributed by atoms with Crippen LogP contribution in [-0.4, -0.2) is 31.6 Å². The molecule has 1 atom stereocenters. The second kappa shape index (κ2) is 4.63. The zero-order valence-electron chi connectivity index (χ0n) is 9.41. The largest absolute Gasteiger partial charge is 0.330 e. The van der Waals surface area contributed by atoms with E-state index in [1.54, 1.807) is 0 Å². The fraction of sp³-hybridized carbons (Fsp3) is 1.00. The molecule has 2 nitrogen and oxygen atoms in total. The Kier molecular flexibility index (Phi) is 3.45. The van der Waals surface area contributed by atoms with E-state index in [1.807, 2.05) is 0 Å². The molecule has 1 saturated heterocycles. The lowest BCUT2D eigenvalue weighted by Gasteiger charge is -2.43. The van der Waals surface area contributed by atoms with Crippen molar-refractivity contribution in [2.75, 3.05) is 26.7 Å². The van der Waals surface area contributed by atoms with Gasteiger partial charge in [-0.15, -0.1) is 0 Å². The number of hydrogen-bond donors (Lipinski definition) is 1. The van der Waals surface area contributed by atoms with E-state index in [-0.39, 0.29) is 0 Å². The van der Waals surface area contributed by atoms with Crippen LogP contribution < -0.4 is 5.73 Å². The van der Waals surface area contributed by atoms with Crippen LogP contribution in [-0.2, 0) is 0 Å². The van der Waals surface area contributed by atoms with Crippen molar-refractivity contribution in [3.05, 3.63) is 0 Å². The smallest absolute Gasteiger partial charge is 0.00217 e. The molecule has 1 unspecified atom stereocenters. The van der Waals surface area contributed by atoms with Gasteiger partial charge in [-0.25, -0.2) is 0 Å². The number of hydrogen-bond acceptors (Lipinski definition) is 2. The number of rotatable bonds is 4. The van der Waals surface area contributed by atoms with E-state index >= 15 is 0 Å². The van der Waals surface area contributed by atoms with Gasteiger partial charge in [0.25, 0.3) is 0 Å². The Morgan fingerprint density at radius 3 is 2.36 bits per heavy atom. The maximum Gasteiger partial charge on any atom is 0.00217 e. The Labute approximate surface area is 87.8 Å². The van der Waals surface area contributed by atoms with E-state index in [2.05, 4.69) is 11.9 Å². The number of nitrogens with zero attached hydrogens (tertiary/aromatic N) is 1. The van der Waals surface area contributed by atoms with Crippen molar-refractivity contribution in [3.8, 4) is 0 Å². The predicted octanol–water partition coefficient (Wildman–Crippen LogP) is 1.70. The first-order chi connectivity index (χ1) is 6.81. The number of likely N-dealkylation sites (tertiary alicyclic amines) is 1. The van der Waals surface area contributed by atoms with E-state index in [0.29, 0.717) is 0 Å². The topological polar surface area (TPSA) is 29.3 Å². The second-order valence-electron chi connectivity index (χ2n) is 5.27. The first-order valence-electron chi connectivity index (χ1n) is 6.20. The molecule has 0 aromatic heterocycles. The summed E-state index contributed by atoms with van der Waals surface area (Å²) in [6.45, 7) is 3.53. The molecule has 82 valence electrons. The molecule has 2 rings (SSSR count). The van der Waals surface area contributed by atoms with E-state index in [1.165, 1.54) is 45.2 Å². The summed E-state index contributed by atoms with van der Waals surface area (Å²) in [4.78, 5) is 2.43. The lowest BCUT2D eigenvalue weighted by atomic mass is 9.75. The Hall–Kier alpha value is -0.0800. The van der Waals surface area contributed by atoms with E-state index in [4.69, 9.17) is 5.73 Å². The van der Waals surface area contributed by atoms with Crippen LogP contribution in [0.2, 0.25) is 0 Å².